The molecule has 0 heterocycles. The Labute approximate surface area is 85.3 Å². The first-order valence-corrected chi connectivity index (χ1v) is 4.66. The Hall–Kier alpha value is -0.830. The van der Waals surface area contributed by atoms with Crippen LogP contribution in [0.15, 0.2) is 0 Å². The normalized spacial score (nSPS) is 18.9. The molecule has 6 heteroatoms. The Balaban J connectivity index is 2.25. The number of nitrogens with one attached hydrogen (secondary N) is 1. The minimum atomic E-state index is -3.98. The van der Waals surface area contributed by atoms with Crippen molar-refractivity contribution in [3.8, 4) is 6.07 Å². The minimum absolute atomic E-state index is 0.211. The highest BCUT2D eigenvalue weighted by Crippen LogP contribution is 2.47. The van der Waals surface area contributed by atoms with Crippen molar-refractivity contribution in [1.29, 1.82) is 5.26 Å². The highest BCUT2D eigenvalue weighted by molar-refractivity contribution is 5.00. The van der Waals surface area contributed by atoms with E-state index in [9.17, 15) is 17.6 Å². The molecule has 0 aromatic rings. The summed E-state index contributed by atoms with van der Waals surface area (Å²) in [5, 5.41) is 10.8. The van der Waals surface area contributed by atoms with Crippen molar-refractivity contribution >= 4 is 0 Å². The van der Waals surface area contributed by atoms with E-state index in [0.717, 1.165) is 12.8 Å². The van der Waals surface area contributed by atoms with E-state index in [-0.39, 0.29) is 12.0 Å². The first-order chi connectivity index (χ1) is 6.92. The second-order valence-corrected chi connectivity index (χ2v) is 4.00. The summed E-state index contributed by atoms with van der Waals surface area (Å²) in [6, 6.07) is 1.97. The van der Waals surface area contributed by atoms with Gasteiger partial charge in [-0.15, -0.1) is 0 Å². The molecule has 1 fully saturated rings. The summed E-state index contributed by atoms with van der Waals surface area (Å²) in [6.07, 6.45) is -1.75. The molecule has 0 radical (unpaired) electrons. The van der Waals surface area contributed by atoms with Gasteiger partial charge in [-0.25, -0.2) is 8.78 Å². The zero-order valence-corrected chi connectivity index (χ0v) is 8.07. The van der Waals surface area contributed by atoms with E-state index >= 15 is 0 Å². The molecular formula is C9H12F4N2. The summed E-state index contributed by atoms with van der Waals surface area (Å²) < 4.78 is 48.4. The van der Waals surface area contributed by atoms with Crippen LogP contribution in [0.25, 0.3) is 0 Å². The maximum atomic E-state index is 12.5. The first-order valence-electron chi connectivity index (χ1n) is 4.66. The molecule has 0 aromatic heterocycles. The molecule has 0 aromatic carbocycles. The van der Waals surface area contributed by atoms with E-state index in [0.29, 0.717) is 6.42 Å². The molecule has 86 valence electrons. The number of alkyl halides is 4. The SMILES string of the molecule is N#CCC1(CNCC(F)(F)C(F)F)CC1. The van der Waals surface area contributed by atoms with Crippen molar-refractivity contribution in [3.05, 3.63) is 0 Å². The highest BCUT2D eigenvalue weighted by Gasteiger charge is 2.44. The minimum Gasteiger partial charge on any atom is -0.310 e. The van der Waals surface area contributed by atoms with E-state index in [1.54, 1.807) is 0 Å². The monoisotopic (exact) mass is 224 g/mol. The van der Waals surface area contributed by atoms with Gasteiger partial charge < -0.3 is 5.32 Å². The molecule has 0 aliphatic heterocycles. The molecule has 1 saturated carbocycles. The summed E-state index contributed by atoms with van der Waals surface area (Å²) in [6.45, 7) is -0.819. The van der Waals surface area contributed by atoms with Crippen LogP contribution in [0.3, 0.4) is 0 Å². The Morgan fingerprint density at radius 2 is 2.00 bits per heavy atom. The van der Waals surface area contributed by atoms with Crippen LogP contribution in [-0.4, -0.2) is 25.4 Å². The van der Waals surface area contributed by atoms with Crippen LogP contribution in [0.4, 0.5) is 17.6 Å². The van der Waals surface area contributed by atoms with Crippen molar-refractivity contribution in [2.24, 2.45) is 5.41 Å². The summed E-state index contributed by atoms with van der Waals surface area (Å²) >= 11 is 0. The number of nitrogens with zero attached hydrogens (tertiary/aromatic N) is 1. The Bertz CT molecular complexity index is 255. The van der Waals surface area contributed by atoms with Gasteiger partial charge in [-0.3, -0.25) is 0 Å². The third-order valence-electron chi connectivity index (χ3n) is 2.59. The third kappa shape index (κ3) is 3.34. The van der Waals surface area contributed by atoms with Crippen LogP contribution >= 0.6 is 0 Å². The van der Waals surface area contributed by atoms with Gasteiger partial charge >= 0.3 is 12.3 Å². The lowest BCUT2D eigenvalue weighted by Gasteiger charge is -2.18. The van der Waals surface area contributed by atoms with Gasteiger partial charge in [0.2, 0.25) is 0 Å². The fraction of sp³-hybridized carbons (Fsp3) is 0.889. The number of rotatable bonds is 6. The molecule has 1 rings (SSSR count). The summed E-state index contributed by atoms with van der Waals surface area (Å²) in [4.78, 5) is 0. The van der Waals surface area contributed by atoms with Gasteiger partial charge in [0.25, 0.3) is 0 Å². The fourth-order valence-corrected chi connectivity index (χ4v) is 1.33. The standard InChI is InChI=1S/C9H12F4N2/c10-7(11)9(12,13)6-15-5-8(1-2-8)3-4-14/h7,15H,1-3,5-6H2. The van der Waals surface area contributed by atoms with Crippen molar-refractivity contribution in [2.45, 2.75) is 31.6 Å². The van der Waals surface area contributed by atoms with Crippen molar-refractivity contribution < 1.29 is 17.6 Å². The van der Waals surface area contributed by atoms with Gasteiger partial charge in [-0.05, 0) is 18.3 Å². The smallest absolute Gasteiger partial charge is 0.310 e. The summed E-state index contributed by atoms with van der Waals surface area (Å²) in [7, 11) is 0. The van der Waals surface area contributed by atoms with Crippen LogP contribution < -0.4 is 5.32 Å². The van der Waals surface area contributed by atoms with Crippen molar-refractivity contribution in [2.75, 3.05) is 13.1 Å². The van der Waals surface area contributed by atoms with Crippen LogP contribution in [0, 0.1) is 16.7 Å². The number of halogens is 4. The van der Waals surface area contributed by atoms with Gasteiger partial charge in [0, 0.05) is 13.0 Å². The lowest BCUT2D eigenvalue weighted by Crippen LogP contribution is -2.40. The molecule has 2 nitrogen and oxygen atoms in total. The Morgan fingerprint density at radius 3 is 2.40 bits per heavy atom. The molecule has 1 aliphatic rings. The quantitative estimate of drug-likeness (QED) is 0.702. The largest absolute Gasteiger partial charge is 0.319 e. The number of nitriles is 1. The van der Waals surface area contributed by atoms with E-state index in [2.05, 4.69) is 5.32 Å². The molecule has 0 atom stereocenters. The Morgan fingerprint density at radius 1 is 1.40 bits per heavy atom. The second-order valence-electron chi connectivity index (χ2n) is 4.00. The Kier molecular flexibility index (Phi) is 3.55. The topological polar surface area (TPSA) is 35.8 Å². The summed E-state index contributed by atoms with van der Waals surface area (Å²) in [5.74, 6) is -3.98. The molecule has 0 amide bonds. The first kappa shape index (κ1) is 12.2. The van der Waals surface area contributed by atoms with Crippen LogP contribution in [0.5, 0.6) is 0 Å². The van der Waals surface area contributed by atoms with Gasteiger partial charge in [0.05, 0.1) is 12.6 Å². The summed E-state index contributed by atoms with van der Waals surface area (Å²) in [5.41, 5.74) is -0.243. The average Bonchev–Trinajstić information content (AvgIpc) is 2.85. The molecule has 1 N–H and O–H groups in total. The maximum absolute atomic E-state index is 12.5. The predicted molar refractivity (Wildman–Crippen MR) is 45.7 cm³/mol. The predicted octanol–water partition coefficient (Wildman–Crippen LogP) is 2.17. The molecule has 15 heavy (non-hydrogen) atoms. The van der Waals surface area contributed by atoms with Gasteiger partial charge in [0.15, 0.2) is 0 Å². The zero-order valence-electron chi connectivity index (χ0n) is 8.07. The highest BCUT2D eigenvalue weighted by atomic mass is 19.3. The van der Waals surface area contributed by atoms with E-state index in [1.807, 2.05) is 6.07 Å². The zero-order chi connectivity index (χ0) is 11.5. The lowest BCUT2D eigenvalue weighted by molar-refractivity contribution is -0.125. The van der Waals surface area contributed by atoms with E-state index in [4.69, 9.17) is 5.26 Å². The van der Waals surface area contributed by atoms with Gasteiger partial charge in [-0.1, -0.05) is 0 Å². The van der Waals surface area contributed by atoms with Crippen molar-refractivity contribution in [1.82, 2.24) is 5.32 Å². The van der Waals surface area contributed by atoms with E-state index < -0.39 is 18.9 Å². The van der Waals surface area contributed by atoms with Crippen molar-refractivity contribution in [3.63, 3.8) is 0 Å². The molecule has 0 saturated heterocycles. The van der Waals surface area contributed by atoms with Crippen LogP contribution in [0.2, 0.25) is 0 Å². The number of hydrogen-bond acceptors (Lipinski definition) is 2. The van der Waals surface area contributed by atoms with Crippen LogP contribution in [-0.2, 0) is 0 Å². The molecular weight excluding hydrogens is 212 g/mol. The number of hydrogen-bond donors (Lipinski definition) is 1. The molecule has 0 bridgehead atoms. The molecule has 1 aliphatic carbocycles. The third-order valence-corrected chi connectivity index (χ3v) is 2.59. The second kappa shape index (κ2) is 4.35. The fourth-order valence-electron chi connectivity index (χ4n) is 1.33. The van der Waals surface area contributed by atoms with Crippen LogP contribution in [0.1, 0.15) is 19.3 Å². The molecule has 0 unspecified atom stereocenters. The van der Waals surface area contributed by atoms with E-state index in [1.165, 1.54) is 0 Å². The lowest BCUT2D eigenvalue weighted by atomic mass is 10.0. The average molecular weight is 224 g/mol. The van der Waals surface area contributed by atoms with Gasteiger partial charge in [0.1, 0.15) is 0 Å². The van der Waals surface area contributed by atoms with Gasteiger partial charge in [-0.2, -0.15) is 14.0 Å². The molecule has 0 spiro atoms. The maximum Gasteiger partial charge on any atom is 0.319 e.